The van der Waals surface area contributed by atoms with Gasteiger partial charge in [0.1, 0.15) is 6.61 Å². The molecule has 0 aliphatic heterocycles. The average molecular weight is 389 g/mol. The van der Waals surface area contributed by atoms with E-state index in [9.17, 15) is 4.79 Å². The highest BCUT2D eigenvalue weighted by Gasteiger charge is 2.29. The number of hydrogen-bond acceptors (Lipinski definition) is 4. The number of amides is 1. The highest BCUT2D eigenvalue weighted by molar-refractivity contribution is 5.85. The largest absolute Gasteiger partial charge is 0.448 e. The lowest BCUT2D eigenvalue weighted by atomic mass is 9.98. The zero-order valence-electron chi connectivity index (χ0n) is 16.4. The number of fused-ring (bicyclic) bond motifs is 3. The maximum absolute atomic E-state index is 12.4. The molecule has 3 aromatic carbocycles. The molecule has 4 rings (SSSR count). The Balaban J connectivity index is 1.45. The van der Waals surface area contributed by atoms with Crippen LogP contribution in [0.25, 0.3) is 11.1 Å². The number of ether oxygens (including phenoxy) is 3. The minimum atomic E-state index is -0.490. The second kappa shape index (κ2) is 8.47. The number of anilines is 1. The van der Waals surface area contributed by atoms with Gasteiger partial charge in [0.15, 0.2) is 6.29 Å². The van der Waals surface area contributed by atoms with Crippen molar-refractivity contribution in [2.24, 2.45) is 0 Å². The molecule has 0 saturated heterocycles. The summed E-state index contributed by atoms with van der Waals surface area (Å²) in [5.41, 5.74) is 6.22. The van der Waals surface area contributed by atoms with Crippen molar-refractivity contribution in [3.63, 3.8) is 0 Å². The molecule has 3 aromatic rings. The summed E-state index contributed by atoms with van der Waals surface area (Å²) in [6.45, 7) is 0.276. The van der Waals surface area contributed by atoms with E-state index >= 15 is 0 Å². The van der Waals surface area contributed by atoms with Crippen LogP contribution in [-0.2, 0) is 14.2 Å². The Morgan fingerprint density at radius 1 is 0.897 bits per heavy atom. The monoisotopic (exact) mass is 389 g/mol. The Morgan fingerprint density at radius 3 is 2.14 bits per heavy atom. The molecule has 5 nitrogen and oxygen atoms in total. The molecule has 0 radical (unpaired) electrons. The minimum absolute atomic E-state index is 0.0332. The fraction of sp³-hybridized carbons (Fsp3) is 0.208. The quantitative estimate of drug-likeness (QED) is 0.578. The molecule has 0 saturated carbocycles. The van der Waals surface area contributed by atoms with Gasteiger partial charge in [-0.1, -0.05) is 60.7 Å². The molecule has 0 aromatic heterocycles. The summed E-state index contributed by atoms with van der Waals surface area (Å²) >= 11 is 0. The van der Waals surface area contributed by atoms with E-state index in [4.69, 9.17) is 14.2 Å². The van der Waals surface area contributed by atoms with Crippen LogP contribution < -0.4 is 5.32 Å². The molecule has 1 aliphatic carbocycles. The number of nitrogens with one attached hydrogen (secondary N) is 1. The zero-order chi connectivity index (χ0) is 20.2. The molecule has 1 aliphatic rings. The lowest BCUT2D eigenvalue weighted by Crippen LogP contribution is -2.18. The van der Waals surface area contributed by atoms with Gasteiger partial charge in [-0.25, -0.2) is 4.79 Å². The van der Waals surface area contributed by atoms with Crippen molar-refractivity contribution >= 4 is 11.8 Å². The van der Waals surface area contributed by atoms with Crippen molar-refractivity contribution in [3.05, 3.63) is 89.5 Å². The molecule has 29 heavy (non-hydrogen) atoms. The first-order valence-corrected chi connectivity index (χ1v) is 9.49. The highest BCUT2D eigenvalue weighted by atomic mass is 16.7. The number of rotatable bonds is 6. The maximum atomic E-state index is 12.4. The Hall–Kier alpha value is -3.15. The summed E-state index contributed by atoms with van der Waals surface area (Å²) in [5.74, 6) is 0.0332. The van der Waals surface area contributed by atoms with Crippen LogP contribution in [0.5, 0.6) is 0 Å². The van der Waals surface area contributed by atoms with Crippen molar-refractivity contribution in [2.45, 2.75) is 12.2 Å². The molecule has 0 spiro atoms. The second-order valence-corrected chi connectivity index (χ2v) is 6.88. The second-order valence-electron chi connectivity index (χ2n) is 6.88. The zero-order valence-corrected chi connectivity index (χ0v) is 16.4. The van der Waals surface area contributed by atoms with Crippen molar-refractivity contribution in [1.29, 1.82) is 0 Å². The minimum Gasteiger partial charge on any atom is -0.448 e. The van der Waals surface area contributed by atoms with Gasteiger partial charge in [-0.15, -0.1) is 0 Å². The standard InChI is InChI=1S/C24H23NO4/c1-27-23(28-2)16-8-7-9-17(14-16)25-24(26)29-15-22-20-12-5-3-10-18(20)19-11-4-6-13-21(19)22/h3-14,22-23H,15H2,1-2H3,(H,25,26). The molecule has 148 valence electrons. The third-order valence-corrected chi connectivity index (χ3v) is 5.18. The first-order chi connectivity index (χ1) is 14.2. The van der Waals surface area contributed by atoms with E-state index in [1.54, 1.807) is 26.4 Å². The van der Waals surface area contributed by atoms with Gasteiger partial charge in [0.25, 0.3) is 0 Å². The fourth-order valence-electron chi connectivity index (χ4n) is 3.88. The van der Waals surface area contributed by atoms with Gasteiger partial charge in [-0.2, -0.15) is 0 Å². The number of benzene rings is 3. The van der Waals surface area contributed by atoms with E-state index in [-0.39, 0.29) is 12.5 Å². The molecular formula is C24H23NO4. The summed E-state index contributed by atoms with van der Waals surface area (Å²) in [6, 6.07) is 23.8. The number of carbonyl (C=O) groups excluding carboxylic acids is 1. The van der Waals surface area contributed by atoms with Gasteiger partial charge in [-0.05, 0) is 34.4 Å². The van der Waals surface area contributed by atoms with Crippen LogP contribution in [-0.4, -0.2) is 26.9 Å². The van der Waals surface area contributed by atoms with Gasteiger partial charge in [-0.3, -0.25) is 5.32 Å². The first-order valence-electron chi connectivity index (χ1n) is 9.49. The van der Waals surface area contributed by atoms with Crippen LogP contribution in [0.15, 0.2) is 72.8 Å². The summed E-state index contributed by atoms with van der Waals surface area (Å²) in [5, 5.41) is 2.78. The lowest BCUT2D eigenvalue weighted by Gasteiger charge is -2.16. The third kappa shape index (κ3) is 3.88. The SMILES string of the molecule is COC(OC)c1cccc(NC(=O)OCC2c3ccccc3-c3ccccc32)c1. The number of hydrogen-bond donors (Lipinski definition) is 1. The van der Waals surface area contributed by atoms with Gasteiger partial charge in [0.05, 0.1) is 0 Å². The normalized spacial score (nSPS) is 12.5. The van der Waals surface area contributed by atoms with Crippen molar-refractivity contribution in [3.8, 4) is 11.1 Å². The fourth-order valence-corrected chi connectivity index (χ4v) is 3.88. The van der Waals surface area contributed by atoms with Gasteiger partial charge in [0.2, 0.25) is 0 Å². The van der Waals surface area contributed by atoms with Crippen LogP contribution in [0.2, 0.25) is 0 Å². The van der Waals surface area contributed by atoms with E-state index in [2.05, 4.69) is 29.6 Å². The van der Waals surface area contributed by atoms with Crippen molar-refractivity contribution < 1.29 is 19.0 Å². The van der Waals surface area contributed by atoms with E-state index in [0.29, 0.717) is 5.69 Å². The Morgan fingerprint density at radius 2 is 1.52 bits per heavy atom. The maximum Gasteiger partial charge on any atom is 0.411 e. The van der Waals surface area contributed by atoms with Gasteiger partial charge in [0, 0.05) is 31.4 Å². The molecule has 0 bridgehead atoms. The Bertz CT molecular complexity index is 968. The molecule has 1 amide bonds. The molecule has 1 N–H and O–H groups in total. The van der Waals surface area contributed by atoms with Crippen LogP contribution in [0.4, 0.5) is 10.5 Å². The lowest BCUT2D eigenvalue weighted by molar-refractivity contribution is -0.105. The number of carbonyl (C=O) groups is 1. The van der Waals surface area contributed by atoms with E-state index in [1.807, 2.05) is 36.4 Å². The van der Waals surface area contributed by atoms with Crippen LogP contribution in [0.3, 0.4) is 0 Å². The van der Waals surface area contributed by atoms with Crippen molar-refractivity contribution in [2.75, 3.05) is 26.1 Å². The molecule has 0 heterocycles. The predicted molar refractivity (Wildman–Crippen MR) is 112 cm³/mol. The number of methoxy groups -OCH3 is 2. The average Bonchev–Trinajstić information content (AvgIpc) is 3.07. The summed E-state index contributed by atoms with van der Waals surface area (Å²) in [7, 11) is 3.14. The molecular weight excluding hydrogens is 366 g/mol. The molecule has 5 heteroatoms. The Labute approximate surface area is 170 Å². The topological polar surface area (TPSA) is 56.8 Å². The van der Waals surface area contributed by atoms with E-state index in [1.165, 1.54) is 22.3 Å². The van der Waals surface area contributed by atoms with Crippen LogP contribution >= 0.6 is 0 Å². The smallest absolute Gasteiger partial charge is 0.411 e. The van der Waals surface area contributed by atoms with E-state index < -0.39 is 12.4 Å². The summed E-state index contributed by atoms with van der Waals surface area (Å²) < 4.78 is 16.1. The molecule has 0 unspecified atom stereocenters. The van der Waals surface area contributed by atoms with Gasteiger partial charge < -0.3 is 14.2 Å². The highest BCUT2D eigenvalue weighted by Crippen LogP contribution is 2.44. The first kappa shape index (κ1) is 19.2. The summed E-state index contributed by atoms with van der Waals surface area (Å²) in [4.78, 5) is 12.4. The van der Waals surface area contributed by atoms with Crippen LogP contribution in [0, 0.1) is 0 Å². The summed E-state index contributed by atoms with van der Waals surface area (Å²) in [6.07, 6.45) is -0.977. The Kier molecular flexibility index (Phi) is 5.60. The van der Waals surface area contributed by atoms with E-state index in [0.717, 1.165) is 5.56 Å². The third-order valence-electron chi connectivity index (χ3n) is 5.18. The molecule has 0 atom stereocenters. The molecule has 0 fully saturated rings. The predicted octanol–water partition coefficient (Wildman–Crippen LogP) is 5.34. The van der Waals surface area contributed by atoms with Crippen LogP contribution in [0.1, 0.15) is 28.9 Å². The van der Waals surface area contributed by atoms with Crippen molar-refractivity contribution in [1.82, 2.24) is 0 Å². The van der Waals surface area contributed by atoms with Gasteiger partial charge >= 0.3 is 6.09 Å².